The lowest BCUT2D eigenvalue weighted by Crippen LogP contribution is -2.37. The van der Waals surface area contributed by atoms with E-state index in [4.69, 9.17) is 28.2 Å². The standard InChI is InChI=1S/C20H22Cl2N4S/c1-11-19(27-15-7-3-6-13(21)17(15)22)23-10-16(24-11)25-14-9-12-5-4-8-20(2)18(14)26(12)20/h3,6-7,10,12,14,18H,4-5,8-9H2,1-2H3,(H,24,25)/t12-,14?,18?,20+,26?/m1/s1. The Morgan fingerprint density at radius 2 is 2.19 bits per heavy atom. The number of hydrogen-bond donors (Lipinski definition) is 1. The summed E-state index contributed by atoms with van der Waals surface area (Å²) in [5.41, 5.74) is 1.32. The van der Waals surface area contributed by atoms with E-state index in [0.29, 0.717) is 27.7 Å². The molecule has 0 amide bonds. The van der Waals surface area contributed by atoms with E-state index in [-0.39, 0.29) is 0 Å². The van der Waals surface area contributed by atoms with Crippen LogP contribution in [0.4, 0.5) is 5.82 Å². The summed E-state index contributed by atoms with van der Waals surface area (Å²) in [4.78, 5) is 13.0. The van der Waals surface area contributed by atoms with Crippen LogP contribution in [0.2, 0.25) is 10.0 Å². The number of nitrogens with zero attached hydrogens (tertiary/aromatic N) is 3. The van der Waals surface area contributed by atoms with Gasteiger partial charge >= 0.3 is 0 Å². The second-order valence-corrected chi connectivity index (χ2v) is 9.86. The Kier molecular flexibility index (Phi) is 4.35. The first-order valence-electron chi connectivity index (χ1n) is 9.48. The molecule has 27 heavy (non-hydrogen) atoms. The van der Waals surface area contributed by atoms with Gasteiger partial charge in [0.05, 0.1) is 21.9 Å². The van der Waals surface area contributed by atoms with Gasteiger partial charge in [-0.3, -0.25) is 4.90 Å². The van der Waals surface area contributed by atoms with Gasteiger partial charge in [0.1, 0.15) is 10.8 Å². The molecule has 1 N–H and O–H groups in total. The maximum absolute atomic E-state index is 6.30. The molecule has 2 aromatic rings. The van der Waals surface area contributed by atoms with Gasteiger partial charge in [-0.05, 0) is 45.2 Å². The van der Waals surface area contributed by atoms with E-state index in [1.54, 1.807) is 6.07 Å². The number of nitrogens with one attached hydrogen (secondary N) is 1. The summed E-state index contributed by atoms with van der Waals surface area (Å²) in [5, 5.41) is 5.64. The Morgan fingerprint density at radius 3 is 2.93 bits per heavy atom. The lowest BCUT2D eigenvalue weighted by molar-refractivity contribution is 0.245. The van der Waals surface area contributed by atoms with Crippen molar-refractivity contribution in [2.24, 2.45) is 0 Å². The fourth-order valence-corrected chi connectivity index (χ4v) is 6.48. The van der Waals surface area contributed by atoms with Crippen molar-refractivity contribution in [3.8, 4) is 0 Å². The molecule has 0 radical (unpaired) electrons. The predicted molar refractivity (Wildman–Crippen MR) is 111 cm³/mol. The van der Waals surface area contributed by atoms with Crippen LogP contribution < -0.4 is 5.32 Å². The fraction of sp³-hybridized carbons (Fsp3) is 0.500. The van der Waals surface area contributed by atoms with Crippen LogP contribution in [-0.4, -0.2) is 38.5 Å². The van der Waals surface area contributed by atoms with Crippen LogP contribution in [0, 0.1) is 6.92 Å². The van der Waals surface area contributed by atoms with Gasteiger partial charge in [-0.2, -0.15) is 0 Å². The molecule has 5 rings (SSSR count). The molecule has 1 aromatic carbocycles. The smallest absolute Gasteiger partial charge is 0.145 e. The second kappa shape index (κ2) is 6.51. The largest absolute Gasteiger partial charge is 0.364 e. The van der Waals surface area contributed by atoms with Crippen LogP contribution in [0.3, 0.4) is 0 Å². The highest BCUT2D eigenvalue weighted by atomic mass is 35.5. The number of rotatable bonds is 4. The number of fused-ring (bicyclic) bond motifs is 1. The van der Waals surface area contributed by atoms with E-state index >= 15 is 0 Å². The topological polar surface area (TPSA) is 40.8 Å². The highest BCUT2D eigenvalue weighted by Crippen LogP contribution is 2.58. The van der Waals surface area contributed by atoms with Gasteiger partial charge in [-0.1, -0.05) is 47.5 Å². The SMILES string of the molecule is Cc1nc(NC2C[C@H]3CCC[C@@]4(C)C2N34)cnc1Sc1cccc(Cl)c1Cl. The van der Waals surface area contributed by atoms with Crippen LogP contribution in [0.25, 0.3) is 0 Å². The molecule has 3 aliphatic heterocycles. The van der Waals surface area contributed by atoms with Crippen LogP contribution in [0.5, 0.6) is 0 Å². The normalized spacial score (nSPS) is 33.6. The maximum atomic E-state index is 6.30. The zero-order valence-electron chi connectivity index (χ0n) is 15.4. The highest BCUT2D eigenvalue weighted by molar-refractivity contribution is 7.99. The molecule has 4 heterocycles. The molecule has 3 fully saturated rings. The van der Waals surface area contributed by atoms with Gasteiger partial charge in [0.15, 0.2) is 0 Å². The Labute approximate surface area is 174 Å². The van der Waals surface area contributed by atoms with Crippen molar-refractivity contribution in [3.63, 3.8) is 0 Å². The first-order valence-corrected chi connectivity index (χ1v) is 11.0. The van der Waals surface area contributed by atoms with Crippen LogP contribution >= 0.6 is 35.0 Å². The lowest BCUT2D eigenvalue weighted by atomic mass is 9.85. The number of aromatic nitrogens is 2. The van der Waals surface area contributed by atoms with Gasteiger partial charge in [0, 0.05) is 28.6 Å². The van der Waals surface area contributed by atoms with Crippen LogP contribution in [0.15, 0.2) is 34.3 Å². The average Bonchev–Trinajstić information content (AvgIpc) is 3.08. The molecule has 3 aliphatic rings. The number of halogens is 2. The average molecular weight is 421 g/mol. The quantitative estimate of drug-likeness (QED) is 0.668. The maximum Gasteiger partial charge on any atom is 0.145 e. The van der Waals surface area contributed by atoms with Gasteiger partial charge in [0.2, 0.25) is 0 Å². The Balaban J connectivity index is 1.32. The summed E-state index contributed by atoms with van der Waals surface area (Å²) in [7, 11) is 0. The molecule has 3 unspecified atom stereocenters. The van der Waals surface area contributed by atoms with Crippen molar-refractivity contribution in [2.75, 3.05) is 5.32 Å². The predicted octanol–water partition coefficient (Wildman–Crippen LogP) is 5.42. The van der Waals surface area contributed by atoms with Crippen LogP contribution in [-0.2, 0) is 0 Å². The summed E-state index contributed by atoms with van der Waals surface area (Å²) >= 11 is 13.9. The summed E-state index contributed by atoms with van der Waals surface area (Å²) < 4.78 is 0. The Hall–Kier alpha value is -1.01. The summed E-state index contributed by atoms with van der Waals surface area (Å²) in [6.45, 7) is 4.41. The number of aryl methyl sites for hydroxylation is 1. The minimum absolute atomic E-state index is 0.417. The third-order valence-electron chi connectivity index (χ3n) is 6.34. The monoisotopic (exact) mass is 420 g/mol. The molecule has 0 spiro atoms. The highest BCUT2D eigenvalue weighted by Gasteiger charge is 2.69. The molecule has 0 saturated carbocycles. The van der Waals surface area contributed by atoms with Crippen molar-refractivity contribution in [2.45, 2.75) is 73.1 Å². The van der Waals surface area contributed by atoms with Crippen molar-refractivity contribution in [3.05, 3.63) is 40.1 Å². The molecular formula is C20H22Cl2N4S. The van der Waals surface area contributed by atoms with Crippen molar-refractivity contribution < 1.29 is 0 Å². The Morgan fingerprint density at radius 1 is 1.33 bits per heavy atom. The number of piperidine rings is 2. The fourth-order valence-electron chi connectivity index (χ4n) is 5.16. The van der Waals surface area contributed by atoms with E-state index in [2.05, 4.69) is 22.1 Å². The minimum atomic E-state index is 0.417. The molecule has 5 atom stereocenters. The molecule has 3 saturated heterocycles. The number of anilines is 1. The van der Waals surface area contributed by atoms with E-state index in [1.165, 1.54) is 37.4 Å². The van der Waals surface area contributed by atoms with Crippen molar-refractivity contribution in [1.29, 1.82) is 0 Å². The minimum Gasteiger partial charge on any atom is -0.364 e. The van der Waals surface area contributed by atoms with Crippen molar-refractivity contribution >= 4 is 40.8 Å². The molecule has 7 heteroatoms. The molecule has 0 bridgehead atoms. The lowest BCUT2D eigenvalue weighted by Gasteiger charge is -2.30. The molecular weight excluding hydrogens is 399 g/mol. The van der Waals surface area contributed by atoms with Gasteiger partial charge in [-0.15, -0.1) is 0 Å². The zero-order valence-corrected chi connectivity index (χ0v) is 17.7. The van der Waals surface area contributed by atoms with Crippen LogP contribution in [0.1, 0.15) is 38.3 Å². The molecule has 0 aliphatic carbocycles. The number of benzene rings is 1. The number of hydrogen-bond acceptors (Lipinski definition) is 5. The summed E-state index contributed by atoms with van der Waals surface area (Å²) in [6.07, 6.45) is 7.10. The van der Waals surface area contributed by atoms with Gasteiger partial charge < -0.3 is 5.32 Å². The molecule has 142 valence electrons. The first kappa shape index (κ1) is 18.0. The van der Waals surface area contributed by atoms with Crippen molar-refractivity contribution in [1.82, 2.24) is 14.9 Å². The third kappa shape index (κ3) is 2.94. The summed E-state index contributed by atoms with van der Waals surface area (Å²) in [6, 6.07) is 7.53. The van der Waals surface area contributed by atoms with E-state index in [1.807, 2.05) is 25.3 Å². The van der Waals surface area contributed by atoms with Gasteiger partial charge in [-0.25, -0.2) is 9.97 Å². The molecule has 1 aromatic heterocycles. The Bertz CT molecular complexity index is 908. The van der Waals surface area contributed by atoms with E-state index < -0.39 is 0 Å². The molecule has 4 nitrogen and oxygen atoms in total. The summed E-state index contributed by atoms with van der Waals surface area (Å²) in [5.74, 6) is 0.870. The second-order valence-electron chi connectivity index (χ2n) is 8.04. The first-order chi connectivity index (χ1) is 13.0. The zero-order chi connectivity index (χ0) is 18.8. The van der Waals surface area contributed by atoms with Gasteiger partial charge in [0.25, 0.3) is 0 Å². The third-order valence-corrected chi connectivity index (χ3v) is 8.42. The van der Waals surface area contributed by atoms with E-state index in [0.717, 1.165) is 27.5 Å². The van der Waals surface area contributed by atoms with E-state index in [9.17, 15) is 0 Å².